The Bertz CT molecular complexity index is 2000. The van der Waals surface area contributed by atoms with Crippen molar-refractivity contribution in [2.24, 2.45) is 0 Å². The van der Waals surface area contributed by atoms with E-state index in [1.54, 1.807) is 23.1 Å². The van der Waals surface area contributed by atoms with Gasteiger partial charge >= 0.3 is 12.1 Å². The summed E-state index contributed by atoms with van der Waals surface area (Å²) in [6.45, 7) is 20.0. The quantitative estimate of drug-likeness (QED) is 0.117. The van der Waals surface area contributed by atoms with Crippen molar-refractivity contribution in [1.82, 2.24) is 4.98 Å². The van der Waals surface area contributed by atoms with Crippen molar-refractivity contribution < 1.29 is 19.1 Å². The number of aromatic nitrogens is 1. The van der Waals surface area contributed by atoms with Crippen molar-refractivity contribution in [3.05, 3.63) is 133 Å². The smallest absolute Gasteiger partial charge is 0.415 e. The summed E-state index contributed by atoms with van der Waals surface area (Å²) in [6, 6.07) is 32.1. The lowest BCUT2D eigenvalue weighted by Gasteiger charge is -2.27. The fourth-order valence-electron chi connectivity index (χ4n) is 5.52. The first kappa shape index (κ1) is 34.8. The van der Waals surface area contributed by atoms with Gasteiger partial charge in [0.05, 0.1) is 16.8 Å². The van der Waals surface area contributed by atoms with E-state index in [1.165, 1.54) is 5.56 Å². The van der Waals surface area contributed by atoms with Gasteiger partial charge in [0.1, 0.15) is 12.2 Å². The second-order valence-corrected chi connectivity index (χ2v) is 14.0. The molecule has 6 heteroatoms. The Labute approximate surface area is 289 Å². The maximum absolute atomic E-state index is 13.4. The summed E-state index contributed by atoms with van der Waals surface area (Å²) in [5.74, 6) is -0.461. The molecule has 250 valence electrons. The molecule has 1 aromatic heterocycles. The van der Waals surface area contributed by atoms with Crippen LogP contribution in [0.3, 0.4) is 0 Å². The molecule has 49 heavy (non-hydrogen) atoms. The van der Waals surface area contributed by atoms with E-state index >= 15 is 0 Å². The van der Waals surface area contributed by atoms with E-state index < -0.39 is 17.7 Å². The van der Waals surface area contributed by atoms with E-state index in [2.05, 4.69) is 70.3 Å². The molecular weight excluding hydrogens is 608 g/mol. The maximum atomic E-state index is 13.4. The summed E-state index contributed by atoms with van der Waals surface area (Å²) < 4.78 is 11.2. The Hall–Kier alpha value is -5.49. The molecule has 1 heterocycles. The third-order valence-electron chi connectivity index (χ3n) is 8.04. The van der Waals surface area contributed by atoms with Gasteiger partial charge in [-0.1, -0.05) is 106 Å². The number of esters is 1. The van der Waals surface area contributed by atoms with Gasteiger partial charge in [-0.2, -0.15) is 0 Å². The van der Waals surface area contributed by atoms with Gasteiger partial charge in [0, 0.05) is 23.2 Å². The molecule has 0 spiro atoms. The van der Waals surface area contributed by atoms with Crippen LogP contribution in [0.5, 0.6) is 0 Å². The molecule has 0 saturated heterocycles. The highest BCUT2D eigenvalue weighted by Crippen LogP contribution is 2.33. The number of nitrogens with zero attached hydrogens (tertiary/aromatic N) is 2. The van der Waals surface area contributed by atoms with Crippen LogP contribution >= 0.6 is 0 Å². The molecule has 0 radical (unpaired) electrons. The van der Waals surface area contributed by atoms with E-state index in [1.807, 2.05) is 75.4 Å². The monoisotopic (exact) mass is 652 g/mol. The van der Waals surface area contributed by atoms with Crippen LogP contribution in [-0.4, -0.2) is 35.8 Å². The lowest BCUT2D eigenvalue weighted by molar-refractivity contribution is 0.0549. The molecule has 0 saturated carbocycles. The standard InChI is InChI=1S/C43H44N2O4/c1-9-24-45(41(47)49-43(6,7)8)35-13-11-12-32(26-35)33-20-23-38-36(27-33)37(40(46)48-25-10-2)28-39(44-38)31-16-14-29(15-17-31)30-18-21-34(22-19-30)42(3,4)5/h9-23,26-28H,1-2,24-25H2,3-8H3. The number of anilines is 1. The Morgan fingerprint density at radius 2 is 1.35 bits per heavy atom. The average molecular weight is 653 g/mol. The zero-order valence-electron chi connectivity index (χ0n) is 29.2. The van der Waals surface area contributed by atoms with Crippen molar-refractivity contribution in [3.8, 4) is 33.5 Å². The van der Waals surface area contributed by atoms with E-state index in [0.29, 0.717) is 27.8 Å². The lowest BCUT2D eigenvalue weighted by Crippen LogP contribution is -2.37. The fourth-order valence-corrected chi connectivity index (χ4v) is 5.52. The molecule has 6 nitrogen and oxygen atoms in total. The maximum Gasteiger partial charge on any atom is 0.415 e. The molecule has 5 rings (SSSR count). The predicted octanol–water partition coefficient (Wildman–Crippen LogP) is 10.8. The summed E-state index contributed by atoms with van der Waals surface area (Å²) in [4.78, 5) is 33.0. The number of carbonyl (C=O) groups excluding carboxylic acids is 2. The first-order chi connectivity index (χ1) is 23.3. The summed E-state index contributed by atoms with van der Waals surface area (Å²) >= 11 is 0. The highest BCUT2D eigenvalue weighted by Gasteiger charge is 2.23. The number of fused-ring (bicyclic) bond motifs is 1. The first-order valence-electron chi connectivity index (χ1n) is 16.4. The van der Waals surface area contributed by atoms with Gasteiger partial charge in [0.15, 0.2) is 0 Å². The number of rotatable bonds is 9. The van der Waals surface area contributed by atoms with Crippen LogP contribution in [0.25, 0.3) is 44.4 Å². The van der Waals surface area contributed by atoms with E-state index in [4.69, 9.17) is 14.5 Å². The first-order valence-corrected chi connectivity index (χ1v) is 16.4. The minimum absolute atomic E-state index is 0.0895. The Morgan fingerprint density at radius 1 is 0.735 bits per heavy atom. The number of ether oxygens (including phenoxy) is 2. The van der Waals surface area contributed by atoms with Crippen LogP contribution in [-0.2, 0) is 14.9 Å². The van der Waals surface area contributed by atoms with Crippen LogP contribution in [0, 0.1) is 0 Å². The fraction of sp³-hybridized carbons (Fsp3) is 0.233. The lowest BCUT2D eigenvalue weighted by atomic mass is 9.86. The molecule has 5 aromatic rings. The molecule has 0 unspecified atom stereocenters. The van der Waals surface area contributed by atoms with Crippen molar-refractivity contribution in [2.45, 2.75) is 52.6 Å². The highest BCUT2D eigenvalue weighted by atomic mass is 16.6. The molecule has 0 atom stereocenters. The van der Waals surface area contributed by atoms with Crippen LogP contribution < -0.4 is 4.90 Å². The summed E-state index contributed by atoms with van der Waals surface area (Å²) in [6.07, 6.45) is 2.75. The second-order valence-electron chi connectivity index (χ2n) is 14.0. The van der Waals surface area contributed by atoms with Gasteiger partial charge in [0.25, 0.3) is 0 Å². The zero-order valence-corrected chi connectivity index (χ0v) is 29.2. The van der Waals surface area contributed by atoms with Crippen LogP contribution in [0.15, 0.2) is 122 Å². The SMILES string of the molecule is C=CCOC(=O)c1cc(-c2ccc(-c3ccc(C(C)(C)C)cc3)cc2)nc2ccc(-c3cccc(N(CC=C)C(=O)OC(C)(C)C)c3)cc12. The Morgan fingerprint density at radius 3 is 1.96 bits per heavy atom. The van der Waals surface area contributed by atoms with Gasteiger partial charge in [-0.15, -0.1) is 6.58 Å². The summed E-state index contributed by atoms with van der Waals surface area (Å²) in [7, 11) is 0. The molecule has 0 aliphatic heterocycles. The van der Waals surface area contributed by atoms with Gasteiger partial charge in [-0.05, 0) is 84.3 Å². The zero-order chi connectivity index (χ0) is 35.3. The van der Waals surface area contributed by atoms with Crippen LogP contribution in [0.1, 0.15) is 57.5 Å². The number of amides is 1. The number of pyridine rings is 1. The van der Waals surface area contributed by atoms with E-state index in [0.717, 1.165) is 27.8 Å². The van der Waals surface area contributed by atoms with Gasteiger partial charge in [-0.3, -0.25) is 4.90 Å². The molecule has 0 N–H and O–H groups in total. The van der Waals surface area contributed by atoms with Gasteiger partial charge in [-0.25, -0.2) is 14.6 Å². The molecule has 1 amide bonds. The highest BCUT2D eigenvalue weighted by molar-refractivity contribution is 6.06. The Balaban J connectivity index is 1.52. The van der Waals surface area contributed by atoms with Crippen molar-refractivity contribution in [1.29, 1.82) is 0 Å². The average Bonchev–Trinajstić information content (AvgIpc) is 3.07. The second kappa shape index (κ2) is 14.3. The summed E-state index contributed by atoms with van der Waals surface area (Å²) in [5, 5.41) is 0.659. The van der Waals surface area contributed by atoms with E-state index in [9.17, 15) is 9.59 Å². The van der Waals surface area contributed by atoms with Gasteiger partial charge in [0.2, 0.25) is 0 Å². The molecule has 0 bridgehead atoms. The molecule has 4 aromatic carbocycles. The third-order valence-corrected chi connectivity index (χ3v) is 8.04. The Kier molecular flexibility index (Phi) is 10.2. The van der Waals surface area contributed by atoms with Crippen molar-refractivity contribution in [3.63, 3.8) is 0 Å². The minimum atomic E-state index is -0.644. The van der Waals surface area contributed by atoms with Crippen LogP contribution in [0.4, 0.5) is 10.5 Å². The van der Waals surface area contributed by atoms with Crippen molar-refractivity contribution >= 4 is 28.7 Å². The topological polar surface area (TPSA) is 68.7 Å². The largest absolute Gasteiger partial charge is 0.458 e. The van der Waals surface area contributed by atoms with Gasteiger partial charge < -0.3 is 9.47 Å². The molecular formula is C43H44N2O4. The summed E-state index contributed by atoms with van der Waals surface area (Å²) in [5.41, 5.74) is 7.96. The normalized spacial score (nSPS) is 11.6. The molecule has 0 aliphatic carbocycles. The third kappa shape index (κ3) is 8.33. The predicted molar refractivity (Wildman–Crippen MR) is 201 cm³/mol. The van der Waals surface area contributed by atoms with E-state index in [-0.39, 0.29) is 18.6 Å². The van der Waals surface area contributed by atoms with Crippen molar-refractivity contribution in [2.75, 3.05) is 18.1 Å². The number of carbonyl (C=O) groups is 2. The number of hydrogen-bond donors (Lipinski definition) is 0. The minimum Gasteiger partial charge on any atom is -0.458 e. The number of hydrogen-bond acceptors (Lipinski definition) is 5. The van der Waals surface area contributed by atoms with Crippen LogP contribution in [0.2, 0.25) is 0 Å². The number of benzene rings is 4. The molecule has 0 aliphatic rings. The molecule has 0 fully saturated rings.